The molecule has 1 aromatic carbocycles. The number of aryl methyl sites for hydroxylation is 1. The van der Waals surface area contributed by atoms with Gasteiger partial charge in [-0.15, -0.1) is 0 Å². The van der Waals surface area contributed by atoms with Gasteiger partial charge >= 0.3 is 12.0 Å². The maximum absolute atomic E-state index is 12.4. The Morgan fingerprint density at radius 1 is 1.48 bits per heavy atom. The number of likely N-dealkylation sites (tertiary alicyclic amines) is 1. The Morgan fingerprint density at radius 2 is 2.19 bits per heavy atom. The summed E-state index contributed by atoms with van der Waals surface area (Å²) in [5.74, 6) is -0.957. The number of anilines is 1. The van der Waals surface area contributed by atoms with Crippen LogP contribution in [0.3, 0.4) is 0 Å². The fourth-order valence-electron chi connectivity index (χ4n) is 2.67. The zero-order valence-electron chi connectivity index (χ0n) is 12.1. The number of amides is 2. The Kier molecular flexibility index (Phi) is 4.56. The lowest BCUT2D eigenvalue weighted by atomic mass is 10.00. The molecule has 5 nitrogen and oxygen atoms in total. The third kappa shape index (κ3) is 3.05. The average Bonchev–Trinajstić information content (AvgIpc) is 2.84. The van der Waals surface area contributed by atoms with Crippen LogP contribution in [0.15, 0.2) is 22.7 Å². The lowest BCUT2D eigenvalue weighted by Gasteiger charge is -2.31. The van der Waals surface area contributed by atoms with Crippen LogP contribution in [-0.4, -0.2) is 34.1 Å². The van der Waals surface area contributed by atoms with Gasteiger partial charge in [-0.05, 0) is 49.9 Å². The number of nitrogens with zero attached hydrogens (tertiary/aromatic N) is 1. The van der Waals surface area contributed by atoms with Crippen molar-refractivity contribution in [2.75, 3.05) is 11.9 Å². The van der Waals surface area contributed by atoms with Crippen LogP contribution in [0.25, 0.3) is 0 Å². The maximum atomic E-state index is 12.4. The quantitative estimate of drug-likeness (QED) is 0.872. The number of hydrogen-bond donors (Lipinski definition) is 2. The molecule has 114 valence electrons. The Hall–Kier alpha value is -1.56. The van der Waals surface area contributed by atoms with Crippen LogP contribution in [0, 0.1) is 0 Å². The highest BCUT2D eigenvalue weighted by Crippen LogP contribution is 2.30. The number of carbonyl (C=O) groups excluding carboxylic acids is 1. The minimum atomic E-state index is -1.12. The molecule has 0 spiro atoms. The molecule has 1 fully saturated rings. The van der Waals surface area contributed by atoms with E-state index < -0.39 is 11.5 Å². The summed E-state index contributed by atoms with van der Waals surface area (Å²) >= 11 is 3.41. The number of carbonyl (C=O) groups is 2. The Morgan fingerprint density at radius 3 is 2.81 bits per heavy atom. The maximum Gasteiger partial charge on any atom is 0.329 e. The second-order valence-corrected chi connectivity index (χ2v) is 6.34. The second-order valence-electron chi connectivity index (χ2n) is 5.42. The molecule has 2 N–H and O–H groups in total. The monoisotopic (exact) mass is 354 g/mol. The van der Waals surface area contributed by atoms with E-state index in [0.29, 0.717) is 19.4 Å². The number of rotatable bonds is 3. The van der Waals surface area contributed by atoms with Crippen molar-refractivity contribution in [2.45, 2.75) is 38.6 Å². The Balaban J connectivity index is 2.20. The standard InChI is InChI=1S/C15H19BrN2O3/c1-3-10-9-11(16)5-6-12(10)17-14(21)18-8-4-7-15(18,2)13(19)20/h5-6,9H,3-4,7-8H2,1-2H3,(H,17,21)(H,19,20). The molecule has 21 heavy (non-hydrogen) atoms. The highest BCUT2D eigenvalue weighted by atomic mass is 79.9. The number of benzene rings is 1. The minimum Gasteiger partial charge on any atom is -0.480 e. The first-order valence-electron chi connectivity index (χ1n) is 6.99. The summed E-state index contributed by atoms with van der Waals surface area (Å²) in [5.41, 5.74) is 0.616. The molecule has 1 heterocycles. The van der Waals surface area contributed by atoms with Gasteiger partial charge in [0, 0.05) is 16.7 Å². The van der Waals surface area contributed by atoms with Crippen LogP contribution in [0.2, 0.25) is 0 Å². The average molecular weight is 355 g/mol. The van der Waals surface area contributed by atoms with E-state index in [4.69, 9.17) is 0 Å². The van der Waals surface area contributed by atoms with E-state index in [9.17, 15) is 14.7 Å². The number of nitrogens with one attached hydrogen (secondary N) is 1. The van der Waals surface area contributed by atoms with Gasteiger partial charge in [-0.2, -0.15) is 0 Å². The molecule has 1 unspecified atom stereocenters. The number of hydrogen-bond acceptors (Lipinski definition) is 2. The van der Waals surface area contributed by atoms with Gasteiger partial charge in [-0.3, -0.25) is 0 Å². The van der Waals surface area contributed by atoms with E-state index in [2.05, 4.69) is 21.2 Å². The fraction of sp³-hybridized carbons (Fsp3) is 0.467. The number of halogens is 1. The Labute approximate surface area is 132 Å². The van der Waals surface area contributed by atoms with Crippen molar-refractivity contribution in [3.63, 3.8) is 0 Å². The molecule has 1 aliphatic rings. The van der Waals surface area contributed by atoms with E-state index >= 15 is 0 Å². The van der Waals surface area contributed by atoms with Gasteiger partial charge in [-0.1, -0.05) is 22.9 Å². The van der Waals surface area contributed by atoms with Crippen molar-refractivity contribution in [3.8, 4) is 0 Å². The lowest BCUT2D eigenvalue weighted by Crippen LogP contribution is -2.52. The molecular weight excluding hydrogens is 336 g/mol. The second kappa shape index (κ2) is 6.05. The molecule has 1 atom stereocenters. The van der Waals surface area contributed by atoms with Crippen LogP contribution in [-0.2, 0) is 11.2 Å². The first-order chi connectivity index (χ1) is 9.88. The SMILES string of the molecule is CCc1cc(Br)ccc1NC(=O)N1CCCC1(C)C(=O)O. The number of urea groups is 1. The molecule has 2 amide bonds. The fourth-order valence-corrected chi connectivity index (χ4v) is 3.08. The van der Waals surface area contributed by atoms with Crippen molar-refractivity contribution >= 4 is 33.6 Å². The third-order valence-corrected chi connectivity index (χ3v) is 4.53. The molecule has 1 saturated heterocycles. The summed E-state index contributed by atoms with van der Waals surface area (Å²) in [7, 11) is 0. The molecule has 0 aliphatic carbocycles. The molecule has 1 aliphatic heterocycles. The van der Waals surface area contributed by atoms with Crippen LogP contribution in [0.1, 0.15) is 32.3 Å². The number of carboxylic acids is 1. The van der Waals surface area contributed by atoms with Crippen molar-refractivity contribution in [1.29, 1.82) is 0 Å². The molecule has 0 saturated carbocycles. The van der Waals surface area contributed by atoms with Gasteiger partial charge in [-0.25, -0.2) is 9.59 Å². The predicted octanol–water partition coefficient (Wildman–Crippen LogP) is 3.48. The summed E-state index contributed by atoms with van der Waals surface area (Å²) in [5, 5.41) is 12.2. The van der Waals surface area contributed by atoms with Crippen molar-refractivity contribution in [3.05, 3.63) is 28.2 Å². The van der Waals surface area contributed by atoms with Crippen LogP contribution in [0.4, 0.5) is 10.5 Å². The van der Waals surface area contributed by atoms with Gasteiger partial charge in [0.1, 0.15) is 5.54 Å². The first-order valence-corrected chi connectivity index (χ1v) is 7.78. The summed E-state index contributed by atoms with van der Waals surface area (Å²) in [6.45, 7) is 4.07. The van der Waals surface area contributed by atoms with E-state index in [-0.39, 0.29) is 6.03 Å². The summed E-state index contributed by atoms with van der Waals surface area (Å²) in [6.07, 6.45) is 1.97. The van der Waals surface area contributed by atoms with E-state index in [1.165, 1.54) is 4.90 Å². The van der Waals surface area contributed by atoms with Crippen LogP contribution in [0.5, 0.6) is 0 Å². The predicted molar refractivity (Wildman–Crippen MR) is 84.5 cm³/mol. The third-order valence-electron chi connectivity index (χ3n) is 4.04. The minimum absolute atomic E-state index is 0.352. The summed E-state index contributed by atoms with van der Waals surface area (Å²) in [6, 6.07) is 5.29. The molecule has 1 aromatic rings. The highest BCUT2D eigenvalue weighted by molar-refractivity contribution is 9.10. The zero-order valence-corrected chi connectivity index (χ0v) is 13.7. The summed E-state index contributed by atoms with van der Waals surface area (Å²) in [4.78, 5) is 25.3. The van der Waals surface area contributed by atoms with Gasteiger partial charge in [0.2, 0.25) is 0 Å². The van der Waals surface area contributed by atoms with Gasteiger partial charge in [0.25, 0.3) is 0 Å². The highest BCUT2D eigenvalue weighted by Gasteiger charge is 2.46. The molecule has 6 heteroatoms. The molecule has 2 rings (SSSR count). The van der Waals surface area contributed by atoms with Crippen molar-refractivity contribution in [2.24, 2.45) is 0 Å². The van der Waals surface area contributed by atoms with Gasteiger partial charge in [0.05, 0.1) is 0 Å². The zero-order chi connectivity index (χ0) is 15.6. The van der Waals surface area contributed by atoms with Gasteiger partial charge < -0.3 is 15.3 Å². The topological polar surface area (TPSA) is 69.6 Å². The van der Waals surface area contributed by atoms with E-state index in [1.807, 2.05) is 25.1 Å². The van der Waals surface area contributed by atoms with Gasteiger partial charge in [0.15, 0.2) is 0 Å². The normalized spacial score (nSPS) is 21.4. The first kappa shape index (κ1) is 15.8. The summed E-state index contributed by atoms with van der Waals surface area (Å²) < 4.78 is 0.953. The van der Waals surface area contributed by atoms with Crippen molar-refractivity contribution in [1.82, 2.24) is 4.90 Å². The molecular formula is C15H19BrN2O3. The van der Waals surface area contributed by atoms with E-state index in [1.54, 1.807) is 6.92 Å². The molecule has 0 aromatic heterocycles. The smallest absolute Gasteiger partial charge is 0.329 e. The van der Waals surface area contributed by atoms with Crippen LogP contribution >= 0.6 is 15.9 Å². The lowest BCUT2D eigenvalue weighted by molar-refractivity contribution is -0.146. The van der Waals surface area contributed by atoms with Crippen molar-refractivity contribution < 1.29 is 14.7 Å². The number of aliphatic carboxylic acids is 1. The Bertz CT molecular complexity index is 576. The molecule has 0 radical (unpaired) electrons. The number of carboxylic acid groups (broad SMARTS) is 1. The molecule has 0 bridgehead atoms. The largest absolute Gasteiger partial charge is 0.480 e. The van der Waals surface area contributed by atoms with E-state index in [0.717, 1.165) is 22.1 Å². The van der Waals surface area contributed by atoms with Crippen LogP contribution < -0.4 is 5.32 Å².